The summed E-state index contributed by atoms with van der Waals surface area (Å²) in [5.74, 6) is -1.78. The molecule has 130 heavy (non-hydrogen) atoms. The molecule has 664 valence electrons. The third-order valence-electron chi connectivity index (χ3n) is 19.1. The van der Waals surface area contributed by atoms with Crippen LogP contribution in [0.2, 0.25) is 0 Å². The first kappa shape index (κ1) is 93.7. The third-order valence-corrected chi connectivity index (χ3v) is 24.6. The molecule has 0 radical (unpaired) electrons. The zero-order valence-electron chi connectivity index (χ0n) is 71.4. The number of amides is 5. The number of carbonyl (C=O) groups excluding carboxylic acids is 5. The van der Waals surface area contributed by atoms with Gasteiger partial charge in [-0.1, -0.05) is 144 Å². The zero-order valence-corrected chi connectivity index (χ0v) is 74.7. The van der Waals surface area contributed by atoms with Crippen molar-refractivity contribution in [3.63, 3.8) is 0 Å². The van der Waals surface area contributed by atoms with E-state index in [1.807, 2.05) is 52.0 Å². The highest BCUT2D eigenvalue weighted by atomic mass is 32.2. The maximum Gasteiger partial charge on any atom is 0.410 e. The molecule has 33 nitrogen and oxygen atoms in total. The smallest absolute Gasteiger partial charge is 0.410 e. The summed E-state index contributed by atoms with van der Waals surface area (Å²) in [5.41, 5.74) is 18.8. The van der Waals surface area contributed by atoms with E-state index in [9.17, 15) is 57.6 Å². The molecule has 7 heterocycles. The Kier molecular flexibility index (Phi) is 30.4. The maximum atomic E-state index is 12.9. The molecule has 0 spiro atoms. The first-order valence-electron chi connectivity index (χ1n) is 40.2. The minimum Gasteiger partial charge on any atom is -0.444 e. The second-order valence-corrected chi connectivity index (χ2v) is 37.2. The van der Waals surface area contributed by atoms with E-state index in [0.717, 1.165) is 43.8 Å². The van der Waals surface area contributed by atoms with Crippen molar-refractivity contribution in [2.75, 3.05) is 32.0 Å². The molecule has 0 aliphatic carbocycles. The van der Waals surface area contributed by atoms with Crippen LogP contribution in [0.1, 0.15) is 106 Å². The van der Waals surface area contributed by atoms with Gasteiger partial charge in [0.15, 0.2) is 0 Å². The highest BCUT2D eigenvalue weighted by molar-refractivity contribution is 7.93. The Labute approximate surface area is 750 Å². The number of aromatic nitrogens is 6. The standard InChI is InChI=1S/C28H33N5O5S.2C23H19N5O3S.C19H18N4O3S/c1-19-10-14-23(15-11-19)39(36,37)32-24-9-5-7-20-12-13-22(30-25(20)24)17-29-31-26(34)21-8-6-16-33(18-21)27(35)38-28(2,3)4;1-16-7-11-20(12-8-16)32(30,31)28-21-6-2-4-17-9-10-19(26-22(17)21)15-25-27-23(29)18-5-3-13-24-14-18;1-16-5-9-20(10-6-16)32(30,31)28-21-4-2-3-17-7-8-19(26-22(17)21)15-25-27-23(29)18-11-13-24-14-12-18;1-13-6-10-17(11-7-13)27(25,26)23-18-5-3-4-15-8-9-16(21-19(15)18)12-20-22-14(2)24/h5,7,9-15,17,21,32H,6,8,16,18H2,1-4H3,(H,31,34);2*2-15,28H,1H3,(H,27,29);3-12,23H,1-2H3,(H,22,24)/b29-17+;2*25-15+;20-12+. The van der Waals surface area contributed by atoms with E-state index in [0.29, 0.717) is 98.1 Å². The van der Waals surface area contributed by atoms with Crippen LogP contribution in [0.5, 0.6) is 0 Å². The minimum atomic E-state index is -3.81. The Hall–Kier alpha value is -15.5. The number of nitrogens with one attached hydrogen (secondary N) is 8. The van der Waals surface area contributed by atoms with Crippen LogP contribution in [-0.2, 0) is 54.4 Å². The maximum absolute atomic E-state index is 12.9. The van der Waals surface area contributed by atoms with Gasteiger partial charge in [-0.3, -0.25) is 48.0 Å². The van der Waals surface area contributed by atoms with Gasteiger partial charge in [0.2, 0.25) is 11.8 Å². The van der Waals surface area contributed by atoms with Gasteiger partial charge < -0.3 is 9.64 Å². The van der Waals surface area contributed by atoms with Crippen LogP contribution >= 0.6 is 0 Å². The summed E-state index contributed by atoms with van der Waals surface area (Å²) in [6.07, 6.45) is 12.5. The summed E-state index contributed by atoms with van der Waals surface area (Å²) < 4.78 is 118. The van der Waals surface area contributed by atoms with E-state index in [-0.39, 0.29) is 43.8 Å². The van der Waals surface area contributed by atoms with Crippen LogP contribution in [0.4, 0.5) is 27.5 Å². The Morgan fingerprint density at radius 3 is 1.04 bits per heavy atom. The second kappa shape index (κ2) is 42.2. The van der Waals surface area contributed by atoms with Gasteiger partial charge in [0.25, 0.3) is 51.9 Å². The summed E-state index contributed by atoms with van der Waals surface area (Å²) in [4.78, 5) is 88.1. The first-order chi connectivity index (χ1) is 62.1. The number of aryl methyl sites for hydroxylation is 4. The van der Waals surface area contributed by atoms with Crippen LogP contribution < -0.4 is 40.6 Å². The number of hydrogen-bond acceptors (Lipinski definition) is 24. The molecule has 1 aliphatic rings. The molecule has 15 rings (SSSR count). The molecular formula is C93H89N19O14S4. The van der Waals surface area contributed by atoms with Crippen molar-refractivity contribution in [3.05, 3.63) is 324 Å². The van der Waals surface area contributed by atoms with Gasteiger partial charge >= 0.3 is 6.09 Å². The number of likely N-dealkylation sites (tertiary alicyclic amines) is 1. The number of para-hydroxylation sites is 4. The Morgan fingerprint density at radius 2 is 0.715 bits per heavy atom. The van der Waals surface area contributed by atoms with Crippen LogP contribution in [0.15, 0.2) is 307 Å². The molecule has 5 amide bonds. The monoisotopic (exact) mass is 1820 g/mol. The number of rotatable bonds is 23. The minimum absolute atomic E-state index is 0.151. The lowest BCUT2D eigenvalue weighted by molar-refractivity contribution is -0.126. The number of carbonyl (C=O) groups is 5. The Morgan fingerprint density at radius 1 is 0.385 bits per heavy atom. The van der Waals surface area contributed by atoms with E-state index < -0.39 is 63.6 Å². The first-order valence-corrected chi connectivity index (χ1v) is 46.1. The largest absolute Gasteiger partial charge is 0.444 e. The fraction of sp³-hybridized carbons (Fsp3) is 0.151. The van der Waals surface area contributed by atoms with Gasteiger partial charge in [0, 0.05) is 71.9 Å². The molecule has 0 bridgehead atoms. The van der Waals surface area contributed by atoms with E-state index in [4.69, 9.17) is 4.74 Å². The molecule has 37 heteroatoms. The predicted molar refractivity (Wildman–Crippen MR) is 501 cm³/mol. The van der Waals surface area contributed by atoms with Crippen molar-refractivity contribution in [3.8, 4) is 0 Å². The lowest BCUT2D eigenvalue weighted by Crippen LogP contribution is -2.46. The van der Waals surface area contributed by atoms with Gasteiger partial charge in [-0.2, -0.15) is 20.4 Å². The zero-order chi connectivity index (χ0) is 92.8. The Balaban J connectivity index is 0.000000158. The summed E-state index contributed by atoms with van der Waals surface area (Å²) in [6, 6.07) is 67.8. The van der Waals surface area contributed by atoms with Gasteiger partial charge in [0.1, 0.15) is 5.60 Å². The lowest BCUT2D eigenvalue weighted by Gasteiger charge is -2.33. The van der Waals surface area contributed by atoms with Crippen molar-refractivity contribution < 1.29 is 62.4 Å². The van der Waals surface area contributed by atoms with E-state index in [2.05, 4.69) is 90.9 Å². The van der Waals surface area contributed by atoms with E-state index in [1.165, 1.54) is 50.4 Å². The summed E-state index contributed by atoms with van der Waals surface area (Å²) in [5, 5.41) is 18.7. The fourth-order valence-corrected chi connectivity index (χ4v) is 16.8. The van der Waals surface area contributed by atoms with Crippen molar-refractivity contribution in [1.29, 1.82) is 0 Å². The molecule has 0 saturated carbocycles. The highest BCUT2D eigenvalue weighted by Crippen LogP contribution is 2.31. The average molecular weight is 1830 g/mol. The molecule has 1 fully saturated rings. The molecular weight excluding hydrogens is 1740 g/mol. The number of ether oxygens (including phenoxy) is 1. The number of hydrogen-bond donors (Lipinski definition) is 8. The van der Waals surface area contributed by atoms with Crippen molar-refractivity contribution in [2.24, 2.45) is 26.3 Å². The molecule has 8 aromatic carbocycles. The van der Waals surface area contributed by atoms with Gasteiger partial charge in [-0.25, -0.2) is 80.1 Å². The molecule has 6 aromatic heterocycles. The fourth-order valence-electron chi connectivity index (χ4n) is 12.5. The predicted octanol–water partition coefficient (Wildman–Crippen LogP) is 14.3. The molecule has 14 aromatic rings. The van der Waals surface area contributed by atoms with Gasteiger partial charge in [0.05, 0.1) is 124 Å². The van der Waals surface area contributed by atoms with Crippen LogP contribution in [0, 0.1) is 33.6 Å². The molecule has 1 aliphatic heterocycles. The number of hydrazone groups is 4. The number of benzene rings is 8. The van der Waals surface area contributed by atoms with Crippen molar-refractivity contribution in [1.82, 2.24) is 56.5 Å². The average Bonchev–Trinajstić information content (AvgIpc) is 0.802. The number of sulfonamides is 4. The number of nitrogens with zero attached hydrogens (tertiary/aromatic N) is 11. The lowest BCUT2D eigenvalue weighted by atomic mass is 9.98. The number of anilines is 4. The number of fused-ring (bicyclic) bond motifs is 4. The normalized spacial score (nSPS) is 13.0. The van der Waals surface area contributed by atoms with Gasteiger partial charge in [-0.15, -0.1) is 0 Å². The highest BCUT2D eigenvalue weighted by Gasteiger charge is 2.32. The van der Waals surface area contributed by atoms with Crippen LogP contribution in [0.25, 0.3) is 43.6 Å². The van der Waals surface area contributed by atoms with E-state index >= 15 is 0 Å². The summed E-state index contributed by atoms with van der Waals surface area (Å²) >= 11 is 0. The second-order valence-electron chi connectivity index (χ2n) is 30.4. The molecule has 1 saturated heterocycles. The van der Waals surface area contributed by atoms with Crippen LogP contribution in [0.3, 0.4) is 0 Å². The summed E-state index contributed by atoms with van der Waals surface area (Å²) in [6.45, 7) is 15.1. The molecule has 1 unspecified atom stereocenters. The van der Waals surface area contributed by atoms with E-state index in [1.54, 1.807) is 250 Å². The third kappa shape index (κ3) is 26.1. The quantitative estimate of drug-likeness (QED) is 0.0218. The summed E-state index contributed by atoms with van der Waals surface area (Å²) in [7, 11) is -15.1. The molecule has 1 atom stereocenters. The molecule has 8 N–H and O–H groups in total. The Bertz CT molecular complexity index is 6910. The number of piperidine rings is 1. The van der Waals surface area contributed by atoms with Gasteiger partial charge in [-0.05, 0) is 183 Å². The van der Waals surface area contributed by atoms with Crippen molar-refractivity contribution in [2.45, 2.75) is 93.4 Å². The van der Waals surface area contributed by atoms with Crippen molar-refractivity contribution >= 4 is 161 Å². The van der Waals surface area contributed by atoms with Crippen LogP contribution in [-0.4, -0.2) is 142 Å². The topological polar surface area (TPSA) is 457 Å². The number of pyridine rings is 6. The SMILES string of the molecule is CC(=O)N/N=C/c1ccc2cccc(NS(=O)(=O)c3ccc(C)cc3)c2n1.Cc1ccc(S(=O)(=O)Nc2cccc3ccc(/C=N/NC(=O)C4CCCN(C(=O)OC(C)(C)C)C4)nc23)cc1.Cc1ccc(S(=O)(=O)Nc2cccc3ccc(/C=N/NC(=O)c4cccnc4)nc23)cc1.Cc1ccc(S(=O)(=O)Nc2cccc3ccc(/C=N/NC(=O)c4ccncc4)nc23)cc1.